The summed E-state index contributed by atoms with van der Waals surface area (Å²) in [4.78, 5) is 12.9. The summed E-state index contributed by atoms with van der Waals surface area (Å²) in [6, 6.07) is 8.54. The minimum atomic E-state index is -0.975. The van der Waals surface area contributed by atoms with Crippen molar-refractivity contribution in [3.8, 4) is 0 Å². The molecule has 1 aromatic rings. The van der Waals surface area contributed by atoms with Crippen molar-refractivity contribution in [1.29, 1.82) is 0 Å². The Labute approximate surface area is 227 Å². The Morgan fingerprint density at radius 2 is 1.58 bits per heavy atom. The zero-order valence-corrected chi connectivity index (χ0v) is 23.7. The highest BCUT2D eigenvalue weighted by atomic mass is 16.7. The topological polar surface area (TPSA) is 74.2 Å². The summed E-state index contributed by atoms with van der Waals surface area (Å²) in [5.41, 5.74) is 3.60. The van der Waals surface area contributed by atoms with E-state index in [9.17, 15) is 9.90 Å². The molecule has 4 aliphatic carbocycles. The number of fused-ring (bicyclic) bond motifs is 4. The van der Waals surface area contributed by atoms with Gasteiger partial charge in [0.15, 0.2) is 12.1 Å². The number of ether oxygens (including phenoxy) is 4. The van der Waals surface area contributed by atoms with Crippen molar-refractivity contribution in [3.05, 3.63) is 46.5 Å². The molecule has 5 atom stereocenters. The molecule has 1 saturated heterocycles. The van der Waals surface area contributed by atoms with Crippen LogP contribution in [0.1, 0.15) is 95.5 Å². The number of carbonyl (C=O) groups excluding carboxylic acids is 1. The molecule has 0 radical (unpaired) electrons. The van der Waals surface area contributed by atoms with Crippen molar-refractivity contribution in [2.24, 2.45) is 22.7 Å². The van der Waals surface area contributed by atoms with Gasteiger partial charge in [-0.05, 0) is 55.1 Å². The number of benzene rings is 1. The lowest BCUT2D eigenvalue weighted by atomic mass is 9.53. The smallest absolute Gasteiger partial charge is 0.183 e. The molecule has 0 amide bonds. The standard InChI is InChI=1S/C32H44O6/c1-29(2)18-37-28(38-19-29)21-8-6-20(7-9-21)24-16-32(35-4,36-5)17-31(34)15-13-22-23(27(24)31)12-14-30(3)25(22)10-11-26(30)33/h6-9,22,24-25,28,34H,10-19H2,1-5H3/t22-,24?,25+,30+,31-/m1/s1. The van der Waals surface area contributed by atoms with Crippen molar-refractivity contribution in [3.63, 3.8) is 0 Å². The maximum Gasteiger partial charge on any atom is 0.183 e. The summed E-state index contributed by atoms with van der Waals surface area (Å²) in [6.07, 6.45) is 5.80. The van der Waals surface area contributed by atoms with Gasteiger partial charge in [0.05, 0.1) is 18.8 Å². The molecule has 1 N–H and O–H groups in total. The fourth-order valence-corrected chi connectivity index (χ4v) is 8.54. The zero-order valence-electron chi connectivity index (χ0n) is 23.7. The number of carbonyl (C=O) groups is 1. The predicted molar refractivity (Wildman–Crippen MR) is 143 cm³/mol. The first-order chi connectivity index (χ1) is 18.0. The molecule has 3 saturated carbocycles. The molecule has 1 unspecified atom stereocenters. The molecule has 208 valence electrons. The van der Waals surface area contributed by atoms with Gasteiger partial charge in [0, 0.05) is 55.8 Å². The summed E-state index contributed by atoms with van der Waals surface area (Å²) in [5, 5.41) is 12.3. The van der Waals surface area contributed by atoms with Crippen molar-refractivity contribution >= 4 is 5.78 Å². The molecule has 5 aliphatic rings. The van der Waals surface area contributed by atoms with Crippen LogP contribution in [-0.4, -0.2) is 49.7 Å². The van der Waals surface area contributed by atoms with Gasteiger partial charge in [0.1, 0.15) is 5.78 Å². The molecule has 6 heteroatoms. The molecule has 6 rings (SSSR count). The summed E-state index contributed by atoms with van der Waals surface area (Å²) in [6.45, 7) is 7.83. The number of aliphatic hydroxyl groups is 1. The summed E-state index contributed by atoms with van der Waals surface area (Å²) in [7, 11) is 3.37. The van der Waals surface area contributed by atoms with Gasteiger partial charge < -0.3 is 24.1 Å². The van der Waals surface area contributed by atoms with Crippen molar-refractivity contribution in [2.75, 3.05) is 27.4 Å². The van der Waals surface area contributed by atoms with E-state index in [1.54, 1.807) is 14.2 Å². The summed E-state index contributed by atoms with van der Waals surface area (Å²) < 4.78 is 24.0. The van der Waals surface area contributed by atoms with Gasteiger partial charge in [-0.25, -0.2) is 0 Å². The Balaban J connectivity index is 1.38. The lowest BCUT2D eigenvalue weighted by molar-refractivity contribution is -0.249. The summed E-state index contributed by atoms with van der Waals surface area (Å²) >= 11 is 0. The SMILES string of the molecule is COC1(OC)CC(c2ccc(C3OCC(C)(C)CO3)cc2)C2=C3CC[C@]4(C)C(=O)CC[C@H]4[C@@H]3CC[C@@]2(O)C1. The van der Waals surface area contributed by atoms with Crippen LogP contribution in [0.2, 0.25) is 0 Å². The average molecular weight is 525 g/mol. The highest BCUT2D eigenvalue weighted by Gasteiger charge is 2.59. The molecule has 4 fully saturated rings. The Hall–Kier alpha value is -1.57. The van der Waals surface area contributed by atoms with Crippen molar-refractivity contribution in [2.45, 2.75) is 95.7 Å². The first-order valence-corrected chi connectivity index (χ1v) is 14.5. The monoisotopic (exact) mass is 524 g/mol. The third kappa shape index (κ3) is 4.14. The van der Waals surface area contributed by atoms with Gasteiger partial charge in [0.2, 0.25) is 0 Å². The third-order valence-electron chi connectivity index (χ3n) is 10.7. The predicted octanol–water partition coefficient (Wildman–Crippen LogP) is 5.84. The van der Waals surface area contributed by atoms with E-state index in [-0.39, 0.29) is 23.0 Å². The molecule has 1 heterocycles. The van der Waals surface area contributed by atoms with E-state index in [0.717, 1.165) is 36.8 Å². The van der Waals surface area contributed by atoms with E-state index in [2.05, 4.69) is 45.0 Å². The van der Waals surface area contributed by atoms with E-state index >= 15 is 0 Å². The van der Waals surface area contributed by atoms with Gasteiger partial charge in [-0.1, -0.05) is 50.6 Å². The van der Waals surface area contributed by atoms with Crippen LogP contribution in [0.15, 0.2) is 35.4 Å². The number of ketones is 1. The van der Waals surface area contributed by atoms with Gasteiger partial charge in [0.25, 0.3) is 0 Å². The number of allylic oxidation sites excluding steroid dienone is 1. The van der Waals surface area contributed by atoms with E-state index < -0.39 is 11.4 Å². The van der Waals surface area contributed by atoms with Crippen LogP contribution in [0.5, 0.6) is 0 Å². The Kier molecular flexibility index (Phi) is 6.48. The Morgan fingerprint density at radius 3 is 2.24 bits per heavy atom. The first kappa shape index (κ1) is 26.6. The summed E-state index contributed by atoms with van der Waals surface area (Å²) in [5.74, 6) is 0.343. The van der Waals surface area contributed by atoms with E-state index in [0.29, 0.717) is 56.5 Å². The molecule has 6 nitrogen and oxygen atoms in total. The molecule has 1 aliphatic heterocycles. The van der Waals surface area contributed by atoms with Crippen LogP contribution in [0.25, 0.3) is 0 Å². The lowest BCUT2D eigenvalue weighted by Crippen LogP contribution is -2.55. The second-order valence-corrected chi connectivity index (χ2v) is 13.6. The Bertz CT molecular complexity index is 1110. The second-order valence-electron chi connectivity index (χ2n) is 13.6. The largest absolute Gasteiger partial charge is 0.385 e. The molecule has 0 bridgehead atoms. The maximum absolute atomic E-state index is 12.9. The quantitative estimate of drug-likeness (QED) is 0.394. The van der Waals surface area contributed by atoms with Crippen LogP contribution in [0.4, 0.5) is 0 Å². The van der Waals surface area contributed by atoms with Gasteiger partial charge in [-0.3, -0.25) is 4.79 Å². The second kappa shape index (κ2) is 9.24. The molecule has 38 heavy (non-hydrogen) atoms. The van der Waals surface area contributed by atoms with Crippen LogP contribution in [0, 0.1) is 22.7 Å². The maximum atomic E-state index is 12.9. The number of Topliss-reactive ketones (excluding diaryl/α,β-unsaturated/α-hetero) is 1. The lowest BCUT2D eigenvalue weighted by Gasteiger charge is -2.55. The van der Waals surface area contributed by atoms with Crippen LogP contribution < -0.4 is 0 Å². The average Bonchev–Trinajstić information content (AvgIpc) is 3.21. The Morgan fingerprint density at radius 1 is 0.921 bits per heavy atom. The molecular formula is C32H44O6. The number of hydrogen-bond acceptors (Lipinski definition) is 6. The first-order valence-electron chi connectivity index (χ1n) is 14.5. The fourth-order valence-electron chi connectivity index (χ4n) is 8.54. The van der Waals surface area contributed by atoms with Gasteiger partial charge in [-0.15, -0.1) is 0 Å². The fraction of sp³-hybridized carbons (Fsp3) is 0.719. The highest BCUT2D eigenvalue weighted by Crippen LogP contribution is 2.63. The number of methoxy groups -OCH3 is 2. The van der Waals surface area contributed by atoms with Crippen LogP contribution >= 0.6 is 0 Å². The van der Waals surface area contributed by atoms with E-state index in [1.165, 1.54) is 11.1 Å². The van der Waals surface area contributed by atoms with E-state index in [4.69, 9.17) is 18.9 Å². The van der Waals surface area contributed by atoms with Crippen molar-refractivity contribution < 1.29 is 28.8 Å². The molecule has 0 spiro atoms. The van der Waals surface area contributed by atoms with Crippen LogP contribution in [-0.2, 0) is 23.7 Å². The molecule has 1 aromatic carbocycles. The van der Waals surface area contributed by atoms with E-state index in [1.807, 2.05) is 0 Å². The third-order valence-corrected chi connectivity index (χ3v) is 10.7. The zero-order chi connectivity index (χ0) is 26.9. The normalized spacial score (nSPS) is 38.5. The minimum Gasteiger partial charge on any atom is -0.385 e. The molecular weight excluding hydrogens is 480 g/mol. The van der Waals surface area contributed by atoms with Gasteiger partial charge in [-0.2, -0.15) is 0 Å². The van der Waals surface area contributed by atoms with Crippen LogP contribution in [0.3, 0.4) is 0 Å². The van der Waals surface area contributed by atoms with Gasteiger partial charge >= 0.3 is 0 Å². The van der Waals surface area contributed by atoms with Crippen molar-refractivity contribution in [1.82, 2.24) is 0 Å². The molecule has 0 aromatic heterocycles. The number of hydrogen-bond donors (Lipinski definition) is 1. The number of rotatable bonds is 4. The minimum absolute atomic E-state index is 0.0194. The highest BCUT2D eigenvalue weighted by molar-refractivity contribution is 5.87.